The van der Waals surface area contributed by atoms with Crippen LogP contribution < -0.4 is 16.0 Å². The Balaban J connectivity index is 1.80. The van der Waals surface area contributed by atoms with E-state index in [0.717, 1.165) is 35.1 Å². The van der Waals surface area contributed by atoms with Crippen molar-refractivity contribution in [1.82, 2.24) is 10.6 Å². The average molecular weight is 354 g/mol. The van der Waals surface area contributed by atoms with Gasteiger partial charge in [-0.3, -0.25) is 9.59 Å². The number of carbonyl (C=O) groups is 2. The van der Waals surface area contributed by atoms with Gasteiger partial charge in [-0.25, -0.2) is 0 Å². The molecule has 2 amide bonds. The second kappa shape index (κ2) is 7.56. The third-order valence-electron chi connectivity index (χ3n) is 3.55. The van der Waals surface area contributed by atoms with E-state index in [9.17, 15) is 9.59 Å². The molecule has 2 rings (SSSR count). The maximum absolute atomic E-state index is 11.9. The van der Waals surface area contributed by atoms with Crippen molar-refractivity contribution in [2.75, 3.05) is 25.0 Å². The largest absolute Gasteiger partial charge is 0.347 e. The SMILES string of the molecule is Cc1cc(Br)ccc1NC(=O)CNC(=O)C1CCCNC1. The zero-order chi connectivity index (χ0) is 15.2. The van der Waals surface area contributed by atoms with E-state index in [1.54, 1.807) is 0 Å². The van der Waals surface area contributed by atoms with Crippen LogP contribution in [0.25, 0.3) is 0 Å². The zero-order valence-corrected chi connectivity index (χ0v) is 13.6. The lowest BCUT2D eigenvalue weighted by atomic mass is 9.99. The summed E-state index contributed by atoms with van der Waals surface area (Å²) >= 11 is 3.38. The molecule has 0 saturated carbocycles. The highest BCUT2D eigenvalue weighted by atomic mass is 79.9. The van der Waals surface area contributed by atoms with Crippen LogP contribution in [0, 0.1) is 12.8 Å². The van der Waals surface area contributed by atoms with Crippen molar-refractivity contribution < 1.29 is 9.59 Å². The molecule has 0 spiro atoms. The smallest absolute Gasteiger partial charge is 0.243 e. The fraction of sp³-hybridized carbons (Fsp3) is 0.467. The van der Waals surface area contributed by atoms with Gasteiger partial charge in [-0.1, -0.05) is 15.9 Å². The number of piperidine rings is 1. The summed E-state index contributed by atoms with van der Waals surface area (Å²) in [7, 11) is 0. The number of hydrogen-bond acceptors (Lipinski definition) is 3. The first-order chi connectivity index (χ1) is 10.1. The highest BCUT2D eigenvalue weighted by Crippen LogP contribution is 2.19. The van der Waals surface area contributed by atoms with E-state index in [1.165, 1.54) is 0 Å². The van der Waals surface area contributed by atoms with E-state index in [1.807, 2.05) is 25.1 Å². The molecule has 0 aliphatic carbocycles. The Labute approximate surface area is 133 Å². The van der Waals surface area contributed by atoms with Crippen molar-refractivity contribution in [2.45, 2.75) is 19.8 Å². The number of benzene rings is 1. The molecule has 1 unspecified atom stereocenters. The monoisotopic (exact) mass is 353 g/mol. The van der Waals surface area contributed by atoms with Gasteiger partial charge in [0.05, 0.1) is 12.5 Å². The normalized spacial score (nSPS) is 18.1. The first-order valence-electron chi connectivity index (χ1n) is 7.10. The molecular formula is C15H20BrN3O2. The Morgan fingerprint density at radius 1 is 1.43 bits per heavy atom. The molecule has 3 N–H and O–H groups in total. The van der Waals surface area contributed by atoms with Gasteiger partial charge in [0.25, 0.3) is 0 Å². The highest BCUT2D eigenvalue weighted by molar-refractivity contribution is 9.10. The molecule has 6 heteroatoms. The third kappa shape index (κ3) is 4.82. The van der Waals surface area contributed by atoms with E-state index < -0.39 is 0 Å². The Morgan fingerprint density at radius 3 is 2.90 bits per heavy atom. The summed E-state index contributed by atoms with van der Waals surface area (Å²) in [6, 6.07) is 5.64. The van der Waals surface area contributed by atoms with Crippen molar-refractivity contribution in [3.63, 3.8) is 0 Å². The number of rotatable bonds is 4. The van der Waals surface area contributed by atoms with Crippen molar-refractivity contribution >= 4 is 33.4 Å². The molecule has 1 aromatic rings. The van der Waals surface area contributed by atoms with Crippen LogP contribution in [0.15, 0.2) is 22.7 Å². The van der Waals surface area contributed by atoms with Gasteiger partial charge < -0.3 is 16.0 Å². The van der Waals surface area contributed by atoms with Crippen molar-refractivity contribution in [1.29, 1.82) is 0 Å². The molecule has 1 heterocycles. The number of anilines is 1. The number of carbonyl (C=O) groups excluding carboxylic acids is 2. The first-order valence-corrected chi connectivity index (χ1v) is 7.90. The van der Waals surface area contributed by atoms with Crippen molar-refractivity contribution in [3.8, 4) is 0 Å². The summed E-state index contributed by atoms with van der Waals surface area (Å²) in [5, 5.41) is 8.70. The van der Waals surface area contributed by atoms with E-state index in [2.05, 4.69) is 31.9 Å². The van der Waals surface area contributed by atoms with E-state index in [0.29, 0.717) is 6.54 Å². The second-order valence-electron chi connectivity index (χ2n) is 5.27. The minimum Gasteiger partial charge on any atom is -0.347 e. The molecule has 1 fully saturated rings. The van der Waals surface area contributed by atoms with Gasteiger partial charge in [0.15, 0.2) is 0 Å². The lowest BCUT2D eigenvalue weighted by Crippen LogP contribution is -2.42. The molecule has 1 aromatic carbocycles. The summed E-state index contributed by atoms with van der Waals surface area (Å²) in [5.41, 5.74) is 1.73. The van der Waals surface area contributed by atoms with E-state index in [4.69, 9.17) is 0 Å². The van der Waals surface area contributed by atoms with Gasteiger partial charge in [0.1, 0.15) is 0 Å². The molecule has 1 atom stereocenters. The van der Waals surface area contributed by atoms with Crippen LogP contribution in [0.2, 0.25) is 0 Å². The molecule has 1 aliphatic rings. The van der Waals surface area contributed by atoms with Gasteiger partial charge in [0, 0.05) is 16.7 Å². The fourth-order valence-corrected chi connectivity index (χ4v) is 2.82. The molecule has 1 saturated heterocycles. The minimum atomic E-state index is -0.211. The van der Waals surface area contributed by atoms with Crippen LogP contribution in [0.1, 0.15) is 18.4 Å². The highest BCUT2D eigenvalue weighted by Gasteiger charge is 2.21. The average Bonchev–Trinajstić information content (AvgIpc) is 2.48. The lowest BCUT2D eigenvalue weighted by molar-refractivity contribution is -0.127. The Bertz CT molecular complexity index is 528. The van der Waals surface area contributed by atoms with Crippen LogP contribution in [-0.2, 0) is 9.59 Å². The van der Waals surface area contributed by atoms with Gasteiger partial charge in [0.2, 0.25) is 11.8 Å². The molecule has 21 heavy (non-hydrogen) atoms. The summed E-state index contributed by atoms with van der Waals surface area (Å²) in [5.74, 6) is -0.289. The van der Waals surface area contributed by atoms with Crippen molar-refractivity contribution in [3.05, 3.63) is 28.2 Å². The number of hydrogen-bond donors (Lipinski definition) is 3. The van der Waals surface area contributed by atoms with Gasteiger partial charge >= 0.3 is 0 Å². The number of halogens is 1. The molecule has 0 radical (unpaired) electrons. The number of nitrogens with one attached hydrogen (secondary N) is 3. The Kier molecular flexibility index (Phi) is 5.76. The second-order valence-corrected chi connectivity index (χ2v) is 6.18. The van der Waals surface area contributed by atoms with Crippen LogP contribution in [0.3, 0.4) is 0 Å². The molecule has 114 valence electrons. The van der Waals surface area contributed by atoms with Crippen molar-refractivity contribution in [2.24, 2.45) is 5.92 Å². The van der Waals surface area contributed by atoms with Crippen LogP contribution in [-0.4, -0.2) is 31.4 Å². The maximum Gasteiger partial charge on any atom is 0.243 e. The minimum absolute atomic E-state index is 0.00480. The summed E-state index contributed by atoms with van der Waals surface area (Å²) < 4.78 is 0.969. The maximum atomic E-state index is 11.9. The number of aryl methyl sites for hydroxylation is 1. The molecule has 0 bridgehead atoms. The predicted molar refractivity (Wildman–Crippen MR) is 86.1 cm³/mol. The van der Waals surface area contributed by atoms with Crippen LogP contribution in [0.4, 0.5) is 5.69 Å². The number of amides is 2. The zero-order valence-electron chi connectivity index (χ0n) is 12.0. The standard InChI is InChI=1S/C15H20BrN3O2/c1-10-7-12(16)4-5-13(10)19-14(20)9-18-15(21)11-3-2-6-17-8-11/h4-5,7,11,17H,2-3,6,8-9H2,1H3,(H,18,21)(H,19,20). The fourth-order valence-electron chi connectivity index (χ4n) is 2.35. The molecule has 1 aliphatic heterocycles. The molecular weight excluding hydrogens is 334 g/mol. The molecule has 5 nitrogen and oxygen atoms in total. The quantitative estimate of drug-likeness (QED) is 0.773. The van der Waals surface area contributed by atoms with Crippen LogP contribution in [0.5, 0.6) is 0 Å². The van der Waals surface area contributed by atoms with Gasteiger partial charge in [-0.15, -0.1) is 0 Å². The summed E-state index contributed by atoms with van der Waals surface area (Å²) in [6.07, 6.45) is 1.88. The van der Waals surface area contributed by atoms with Crippen LogP contribution >= 0.6 is 15.9 Å². The topological polar surface area (TPSA) is 70.2 Å². The van der Waals surface area contributed by atoms with Gasteiger partial charge in [-0.2, -0.15) is 0 Å². The van der Waals surface area contributed by atoms with E-state index in [-0.39, 0.29) is 24.3 Å². The first kappa shape index (κ1) is 16.0. The predicted octanol–water partition coefficient (Wildman–Crippen LogP) is 1.81. The summed E-state index contributed by atoms with van der Waals surface area (Å²) in [4.78, 5) is 23.8. The molecule has 0 aromatic heterocycles. The summed E-state index contributed by atoms with van der Waals surface area (Å²) in [6.45, 7) is 3.59. The third-order valence-corrected chi connectivity index (χ3v) is 4.05. The van der Waals surface area contributed by atoms with E-state index >= 15 is 0 Å². The lowest BCUT2D eigenvalue weighted by Gasteiger charge is -2.21. The Hall–Kier alpha value is -1.40. The Morgan fingerprint density at radius 2 is 2.24 bits per heavy atom. The van der Waals surface area contributed by atoms with Gasteiger partial charge in [-0.05, 0) is 50.1 Å².